The molecule has 0 unspecified atom stereocenters. The van der Waals surface area contributed by atoms with Gasteiger partial charge in [-0.25, -0.2) is 4.39 Å². The molecule has 1 saturated carbocycles. The quantitative estimate of drug-likeness (QED) is 0.219. The summed E-state index contributed by atoms with van der Waals surface area (Å²) in [5.41, 5.74) is 10.3. The zero-order valence-corrected chi connectivity index (χ0v) is 20.8. The van der Waals surface area contributed by atoms with Crippen LogP contribution in [0.4, 0.5) is 4.39 Å². The van der Waals surface area contributed by atoms with E-state index in [1.54, 1.807) is 25.2 Å². The van der Waals surface area contributed by atoms with Crippen molar-refractivity contribution in [3.63, 3.8) is 0 Å². The molecule has 5 N–H and O–H groups in total. The van der Waals surface area contributed by atoms with E-state index >= 15 is 0 Å². The van der Waals surface area contributed by atoms with Gasteiger partial charge in [-0.15, -0.1) is 0 Å². The first kappa shape index (κ1) is 24.2. The Hall–Kier alpha value is -4.46. The second-order valence-corrected chi connectivity index (χ2v) is 9.54. The molecule has 3 aromatic carbocycles. The Balaban J connectivity index is 1.61. The lowest BCUT2D eigenvalue weighted by Gasteiger charge is -2.18. The maximum absolute atomic E-state index is 13.5. The van der Waals surface area contributed by atoms with Crippen LogP contribution in [0.25, 0.3) is 33.4 Å². The van der Waals surface area contributed by atoms with Gasteiger partial charge in [-0.3, -0.25) is 15.0 Å². The van der Waals surface area contributed by atoms with E-state index in [0.29, 0.717) is 46.3 Å². The summed E-state index contributed by atoms with van der Waals surface area (Å²) in [4.78, 5) is 26.1. The maximum atomic E-state index is 13.5. The van der Waals surface area contributed by atoms with Crippen LogP contribution in [-0.2, 0) is 0 Å². The number of fused-ring (bicyclic) bond motifs is 1. The second-order valence-electron chi connectivity index (χ2n) is 9.54. The molecule has 8 heteroatoms. The predicted octanol–water partition coefficient (Wildman–Crippen LogP) is 5.08. The lowest BCUT2D eigenvalue weighted by Crippen LogP contribution is -2.46. The van der Waals surface area contributed by atoms with Crippen LogP contribution in [0.3, 0.4) is 0 Å². The van der Waals surface area contributed by atoms with Gasteiger partial charge in [0.2, 0.25) is 0 Å². The van der Waals surface area contributed by atoms with Gasteiger partial charge in [-0.05, 0) is 91.4 Å². The van der Waals surface area contributed by atoms with E-state index < -0.39 is 5.54 Å². The van der Waals surface area contributed by atoms with Gasteiger partial charge in [0.15, 0.2) is 0 Å². The Morgan fingerprint density at radius 3 is 2.27 bits per heavy atom. The summed E-state index contributed by atoms with van der Waals surface area (Å²) in [7, 11) is 1.54. The number of hydrogen-bond acceptors (Lipinski definition) is 4. The first-order chi connectivity index (χ1) is 17.6. The number of amidine groups is 1. The van der Waals surface area contributed by atoms with Crippen LogP contribution in [0.5, 0.6) is 0 Å². The van der Waals surface area contributed by atoms with Gasteiger partial charge in [0, 0.05) is 23.6 Å². The number of nitrogens with one attached hydrogen (secondary N) is 3. The SMILES string of the molecule is CNC(=O)c1c(-c2ccc(F)cc2)oc2ccc(-c3cc(C(=O)NC4(C(=N)N)CC4)c(C)cc3C)cc12. The summed E-state index contributed by atoms with van der Waals surface area (Å²) in [5.74, 6) is -0.661. The average Bonchev–Trinajstić information content (AvgIpc) is 3.56. The fraction of sp³-hybridized carbons (Fsp3) is 0.207. The fourth-order valence-electron chi connectivity index (χ4n) is 4.70. The van der Waals surface area contributed by atoms with Crippen molar-refractivity contribution in [2.75, 3.05) is 7.05 Å². The summed E-state index contributed by atoms with van der Waals surface area (Å²) in [6.45, 7) is 3.84. The number of aryl methyl sites for hydroxylation is 2. The highest BCUT2D eigenvalue weighted by molar-refractivity contribution is 6.12. The molecule has 188 valence electrons. The Morgan fingerprint density at radius 2 is 1.65 bits per heavy atom. The fourth-order valence-corrected chi connectivity index (χ4v) is 4.70. The Labute approximate surface area is 213 Å². The number of amides is 2. The number of carbonyl (C=O) groups excluding carboxylic acids is 2. The largest absolute Gasteiger partial charge is 0.455 e. The van der Waals surface area contributed by atoms with Crippen molar-refractivity contribution in [2.45, 2.75) is 32.2 Å². The highest BCUT2D eigenvalue weighted by Gasteiger charge is 2.47. The molecular formula is C29H27FN4O3. The zero-order valence-electron chi connectivity index (χ0n) is 20.8. The van der Waals surface area contributed by atoms with Crippen LogP contribution in [0.2, 0.25) is 0 Å². The molecule has 0 radical (unpaired) electrons. The predicted molar refractivity (Wildman–Crippen MR) is 141 cm³/mol. The highest BCUT2D eigenvalue weighted by atomic mass is 19.1. The number of halogens is 1. The van der Waals surface area contributed by atoms with E-state index in [2.05, 4.69) is 10.6 Å². The van der Waals surface area contributed by atoms with Crippen LogP contribution in [0.1, 0.15) is 44.7 Å². The molecule has 1 heterocycles. The summed E-state index contributed by atoms with van der Waals surface area (Å²) >= 11 is 0. The molecule has 5 rings (SSSR count). The summed E-state index contributed by atoms with van der Waals surface area (Å²) in [6.07, 6.45) is 1.31. The minimum Gasteiger partial charge on any atom is -0.455 e. The molecule has 2 amide bonds. The third-order valence-electron chi connectivity index (χ3n) is 6.99. The number of nitrogens with two attached hydrogens (primary N) is 1. The van der Waals surface area contributed by atoms with Crippen LogP contribution >= 0.6 is 0 Å². The Kier molecular flexibility index (Phi) is 5.82. The van der Waals surface area contributed by atoms with Gasteiger partial charge in [0.05, 0.1) is 11.1 Å². The minimum atomic E-state index is -0.747. The van der Waals surface area contributed by atoms with E-state index in [9.17, 15) is 14.0 Å². The van der Waals surface area contributed by atoms with Crippen molar-refractivity contribution >= 4 is 28.6 Å². The Bertz CT molecular complexity index is 1580. The third kappa shape index (κ3) is 4.24. The zero-order chi connectivity index (χ0) is 26.5. The van der Waals surface area contributed by atoms with Gasteiger partial charge in [-0.2, -0.15) is 0 Å². The third-order valence-corrected chi connectivity index (χ3v) is 6.99. The van der Waals surface area contributed by atoms with E-state index in [-0.39, 0.29) is 23.5 Å². The molecule has 7 nitrogen and oxygen atoms in total. The standard InChI is InChI=1S/C29H27FN4O3/c1-15-12-16(2)21(26(35)34-29(10-11-29)28(31)32)14-20(15)18-6-9-23-22(13-18)24(27(36)33-3)25(37-23)17-4-7-19(30)8-5-17/h4-9,12-14H,10-11H2,1-3H3,(H3,31,32)(H,33,36)(H,34,35). The summed E-state index contributed by atoms with van der Waals surface area (Å²) in [5, 5.41) is 14.0. The second kappa shape index (κ2) is 8.89. The number of benzene rings is 3. The van der Waals surface area contributed by atoms with Crippen LogP contribution < -0.4 is 16.4 Å². The van der Waals surface area contributed by atoms with Crippen LogP contribution in [0.15, 0.2) is 59.0 Å². The lowest BCUT2D eigenvalue weighted by atomic mass is 9.93. The van der Waals surface area contributed by atoms with E-state index in [0.717, 1.165) is 22.3 Å². The van der Waals surface area contributed by atoms with Gasteiger partial charge in [-0.1, -0.05) is 12.1 Å². The van der Waals surface area contributed by atoms with Crippen molar-refractivity contribution in [1.29, 1.82) is 5.41 Å². The monoisotopic (exact) mass is 498 g/mol. The van der Waals surface area contributed by atoms with E-state index in [4.69, 9.17) is 15.6 Å². The number of hydrogen-bond donors (Lipinski definition) is 4. The number of furan rings is 1. The molecule has 4 aromatic rings. The molecule has 37 heavy (non-hydrogen) atoms. The molecule has 1 fully saturated rings. The summed E-state index contributed by atoms with van der Waals surface area (Å²) < 4.78 is 19.6. The lowest BCUT2D eigenvalue weighted by molar-refractivity contribution is 0.0939. The number of carbonyl (C=O) groups is 2. The van der Waals surface area contributed by atoms with Crippen molar-refractivity contribution in [3.05, 3.63) is 82.7 Å². The minimum absolute atomic E-state index is 0.0325. The van der Waals surface area contributed by atoms with Gasteiger partial charge in [0.25, 0.3) is 11.8 Å². The smallest absolute Gasteiger partial charge is 0.255 e. The highest BCUT2D eigenvalue weighted by Crippen LogP contribution is 2.38. The Morgan fingerprint density at radius 1 is 0.973 bits per heavy atom. The molecule has 0 aliphatic heterocycles. The summed E-state index contributed by atoms with van der Waals surface area (Å²) in [6, 6.07) is 15.1. The van der Waals surface area contributed by atoms with Crippen molar-refractivity contribution in [3.8, 4) is 22.5 Å². The van der Waals surface area contributed by atoms with Gasteiger partial charge >= 0.3 is 0 Å². The molecule has 0 bridgehead atoms. The number of rotatable bonds is 6. The van der Waals surface area contributed by atoms with E-state index in [1.807, 2.05) is 38.1 Å². The molecule has 1 aliphatic rings. The van der Waals surface area contributed by atoms with Gasteiger partial charge in [0.1, 0.15) is 23.0 Å². The molecule has 0 spiro atoms. The average molecular weight is 499 g/mol. The molecular weight excluding hydrogens is 471 g/mol. The first-order valence-electron chi connectivity index (χ1n) is 12.0. The van der Waals surface area contributed by atoms with E-state index in [1.165, 1.54) is 12.1 Å². The van der Waals surface area contributed by atoms with Crippen LogP contribution in [0, 0.1) is 25.1 Å². The normalized spacial score (nSPS) is 13.8. The molecule has 0 saturated heterocycles. The molecule has 1 aliphatic carbocycles. The van der Waals surface area contributed by atoms with Crippen molar-refractivity contribution in [1.82, 2.24) is 10.6 Å². The maximum Gasteiger partial charge on any atom is 0.255 e. The molecule has 1 aromatic heterocycles. The van der Waals surface area contributed by atoms with Crippen molar-refractivity contribution in [2.24, 2.45) is 5.73 Å². The first-order valence-corrected chi connectivity index (χ1v) is 12.0. The van der Waals surface area contributed by atoms with Crippen molar-refractivity contribution < 1.29 is 18.4 Å². The van der Waals surface area contributed by atoms with Gasteiger partial charge < -0.3 is 20.8 Å². The van der Waals surface area contributed by atoms with Crippen LogP contribution in [-0.4, -0.2) is 30.2 Å². The molecule has 0 atom stereocenters. The topological polar surface area (TPSA) is 121 Å².